The monoisotopic (exact) mass is 320 g/mol. The van der Waals surface area contributed by atoms with Crippen LogP contribution in [0.2, 0.25) is 5.02 Å². The molecular weight excluding hydrogens is 304 g/mol. The van der Waals surface area contributed by atoms with Gasteiger partial charge in [0.05, 0.1) is 11.8 Å². The molecule has 1 fully saturated rings. The summed E-state index contributed by atoms with van der Waals surface area (Å²) < 4.78 is 5.62. The molecule has 0 aliphatic heterocycles. The molecule has 0 amide bonds. The minimum absolute atomic E-state index is 0.181. The first-order valence-corrected chi connectivity index (χ1v) is 7.85. The summed E-state index contributed by atoms with van der Waals surface area (Å²) in [7, 11) is 0. The normalized spacial score (nSPS) is 16.6. The highest BCUT2D eigenvalue weighted by Gasteiger charge is 2.38. The molecule has 2 N–H and O–H groups in total. The zero-order chi connectivity index (χ0) is 14.7. The van der Waals surface area contributed by atoms with E-state index in [0.717, 1.165) is 24.3 Å². The van der Waals surface area contributed by atoms with Gasteiger partial charge in [-0.2, -0.15) is 0 Å². The number of hydrogen-bond donors (Lipinski definition) is 2. The SMILES string of the molecule is S=C(Nc1ccc(Cl)cc1)NC1(c2ccco2)CCCC1. The molecule has 5 heteroatoms. The van der Waals surface area contributed by atoms with Crippen molar-refractivity contribution in [1.29, 1.82) is 0 Å². The Labute approximate surface area is 134 Å². The Morgan fingerprint density at radius 2 is 1.86 bits per heavy atom. The summed E-state index contributed by atoms with van der Waals surface area (Å²) in [5, 5.41) is 7.97. The van der Waals surface area contributed by atoms with Gasteiger partial charge in [0.25, 0.3) is 0 Å². The molecule has 21 heavy (non-hydrogen) atoms. The smallest absolute Gasteiger partial charge is 0.171 e. The van der Waals surface area contributed by atoms with Crippen LogP contribution in [0.3, 0.4) is 0 Å². The minimum atomic E-state index is -0.181. The Hall–Kier alpha value is -1.52. The summed E-state index contributed by atoms with van der Waals surface area (Å²) >= 11 is 11.3. The fraction of sp³-hybridized carbons (Fsp3) is 0.312. The molecule has 0 unspecified atom stereocenters. The molecule has 1 aliphatic carbocycles. The van der Waals surface area contributed by atoms with E-state index in [1.165, 1.54) is 12.8 Å². The van der Waals surface area contributed by atoms with Crippen LogP contribution in [-0.2, 0) is 5.54 Å². The second-order valence-corrected chi connectivity index (χ2v) is 6.20. The molecule has 3 nitrogen and oxygen atoms in total. The summed E-state index contributed by atoms with van der Waals surface area (Å²) in [6.07, 6.45) is 6.13. The van der Waals surface area contributed by atoms with E-state index in [0.29, 0.717) is 10.1 Å². The fourth-order valence-electron chi connectivity index (χ4n) is 2.88. The van der Waals surface area contributed by atoms with Crippen LogP contribution in [0.1, 0.15) is 31.4 Å². The maximum absolute atomic E-state index is 5.89. The molecule has 1 heterocycles. The van der Waals surface area contributed by atoms with Crippen molar-refractivity contribution in [2.45, 2.75) is 31.2 Å². The van der Waals surface area contributed by atoms with E-state index in [9.17, 15) is 0 Å². The molecule has 0 atom stereocenters. The summed E-state index contributed by atoms with van der Waals surface area (Å²) in [6, 6.07) is 11.4. The number of furan rings is 1. The van der Waals surface area contributed by atoms with E-state index in [4.69, 9.17) is 28.2 Å². The predicted molar refractivity (Wildman–Crippen MR) is 89.7 cm³/mol. The van der Waals surface area contributed by atoms with Crippen molar-refractivity contribution >= 4 is 34.6 Å². The first-order chi connectivity index (χ1) is 10.2. The minimum Gasteiger partial charge on any atom is -0.467 e. The second-order valence-electron chi connectivity index (χ2n) is 5.35. The first-order valence-electron chi connectivity index (χ1n) is 7.07. The van der Waals surface area contributed by atoms with Crippen molar-refractivity contribution in [3.8, 4) is 0 Å². The third-order valence-electron chi connectivity index (χ3n) is 3.90. The van der Waals surface area contributed by atoms with Crippen LogP contribution in [-0.4, -0.2) is 5.11 Å². The maximum Gasteiger partial charge on any atom is 0.171 e. The van der Waals surface area contributed by atoms with Gasteiger partial charge < -0.3 is 15.1 Å². The van der Waals surface area contributed by atoms with Crippen LogP contribution < -0.4 is 10.6 Å². The van der Waals surface area contributed by atoms with Crippen molar-refractivity contribution < 1.29 is 4.42 Å². The lowest BCUT2D eigenvalue weighted by molar-refractivity contribution is 0.317. The van der Waals surface area contributed by atoms with E-state index < -0.39 is 0 Å². The summed E-state index contributed by atoms with van der Waals surface area (Å²) in [5.41, 5.74) is 0.740. The van der Waals surface area contributed by atoms with Crippen LogP contribution in [0.25, 0.3) is 0 Å². The number of anilines is 1. The Bertz CT molecular complexity index is 604. The van der Waals surface area contributed by atoms with Crippen LogP contribution in [0.5, 0.6) is 0 Å². The molecule has 1 aromatic carbocycles. The Kier molecular flexibility index (Phi) is 4.17. The van der Waals surface area contributed by atoms with Gasteiger partial charge in [0.2, 0.25) is 0 Å². The Balaban J connectivity index is 1.71. The largest absolute Gasteiger partial charge is 0.467 e. The van der Waals surface area contributed by atoms with Gasteiger partial charge in [-0.05, 0) is 61.5 Å². The quantitative estimate of drug-likeness (QED) is 0.805. The van der Waals surface area contributed by atoms with Crippen molar-refractivity contribution in [2.24, 2.45) is 0 Å². The molecule has 3 rings (SSSR count). The number of hydrogen-bond acceptors (Lipinski definition) is 2. The van der Waals surface area contributed by atoms with E-state index in [-0.39, 0.29) is 5.54 Å². The lowest BCUT2D eigenvalue weighted by Crippen LogP contribution is -2.45. The molecule has 2 aromatic rings. The average Bonchev–Trinajstić information content (AvgIpc) is 3.12. The Morgan fingerprint density at radius 1 is 1.14 bits per heavy atom. The number of thiocarbonyl (C=S) groups is 1. The van der Waals surface area contributed by atoms with E-state index in [1.54, 1.807) is 6.26 Å². The molecule has 1 aliphatic rings. The highest BCUT2D eigenvalue weighted by Crippen LogP contribution is 2.39. The molecule has 110 valence electrons. The molecule has 0 spiro atoms. The number of rotatable bonds is 3. The first kappa shape index (κ1) is 14.4. The van der Waals surface area contributed by atoms with Gasteiger partial charge in [-0.3, -0.25) is 0 Å². The Morgan fingerprint density at radius 3 is 2.48 bits per heavy atom. The van der Waals surface area contributed by atoms with Crippen LogP contribution in [0.4, 0.5) is 5.69 Å². The maximum atomic E-state index is 5.89. The van der Waals surface area contributed by atoms with Gasteiger partial charge in [-0.15, -0.1) is 0 Å². The lowest BCUT2D eigenvalue weighted by atomic mass is 9.94. The zero-order valence-electron chi connectivity index (χ0n) is 11.6. The molecule has 0 bridgehead atoms. The fourth-order valence-corrected chi connectivity index (χ4v) is 3.31. The lowest BCUT2D eigenvalue weighted by Gasteiger charge is -2.29. The van der Waals surface area contributed by atoms with Crippen molar-refractivity contribution in [2.75, 3.05) is 5.32 Å². The van der Waals surface area contributed by atoms with Crippen LogP contribution in [0.15, 0.2) is 47.1 Å². The summed E-state index contributed by atoms with van der Waals surface area (Å²) in [4.78, 5) is 0. The summed E-state index contributed by atoms with van der Waals surface area (Å²) in [6.45, 7) is 0. The molecular formula is C16H17ClN2OS. The standard InChI is InChI=1S/C16H17ClN2OS/c17-12-5-7-13(8-6-12)18-15(21)19-16(9-1-2-10-16)14-4-3-11-20-14/h3-8,11H,1-2,9-10H2,(H2,18,19,21). The molecule has 1 aromatic heterocycles. The van der Waals surface area contributed by atoms with Crippen molar-refractivity contribution in [3.63, 3.8) is 0 Å². The highest BCUT2D eigenvalue weighted by molar-refractivity contribution is 7.80. The van der Waals surface area contributed by atoms with Gasteiger partial charge in [0.1, 0.15) is 5.76 Å². The van der Waals surface area contributed by atoms with E-state index in [2.05, 4.69) is 10.6 Å². The second kappa shape index (κ2) is 6.08. The number of benzene rings is 1. The van der Waals surface area contributed by atoms with E-state index in [1.807, 2.05) is 36.4 Å². The summed E-state index contributed by atoms with van der Waals surface area (Å²) in [5.74, 6) is 0.959. The highest BCUT2D eigenvalue weighted by atomic mass is 35.5. The topological polar surface area (TPSA) is 37.2 Å². The van der Waals surface area contributed by atoms with E-state index >= 15 is 0 Å². The average molecular weight is 321 g/mol. The third kappa shape index (κ3) is 3.22. The number of nitrogens with one attached hydrogen (secondary N) is 2. The third-order valence-corrected chi connectivity index (χ3v) is 4.36. The molecule has 1 saturated carbocycles. The van der Waals surface area contributed by atoms with Crippen LogP contribution in [0, 0.1) is 0 Å². The van der Waals surface area contributed by atoms with Gasteiger partial charge >= 0.3 is 0 Å². The van der Waals surface area contributed by atoms with Gasteiger partial charge in [0.15, 0.2) is 5.11 Å². The number of halogens is 1. The molecule has 0 radical (unpaired) electrons. The van der Waals surface area contributed by atoms with Gasteiger partial charge in [0, 0.05) is 10.7 Å². The van der Waals surface area contributed by atoms with Crippen molar-refractivity contribution in [1.82, 2.24) is 5.32 Å². The van der Waals surface area contributed by atoms with Gasteiger partial charge in [-0.25, -0.2) is 0 Å². The van der Waals surface area contributed by atoms with Crippen molar-refractivity contribution in [3.05, 3.63) is 53.4 Å². The predicted octanol–water partition coefficient (Wildman–Crippen LogP) is 4.69. The zero-order valence-corrected chi connectivity index (χ0v) is 13.1. The van der Waals surface area contributed by atoms with Crippen LogP contribution >= 0.6 is 23.8 Å². The van der Waals surface area contributed by atoms with Gasteiger partial charge in [-0.1, -0.05) is 24.4 Å². The molecule has 0 saturated heterocycles.